The van der Waals surface area contributed by atoms with E-state index >= 15 is 0 Å². The lowest BCUT2D eigenvalue weighted by molar-refractivity contribution is 0.242. The van der Waals surface area contributed by atoms with Crippen LogP contribution in [-0.4, -0.2) is 34.1 Å². The van der Waals surface area contributed by atoms with Gasteiger partial charge in [-0.3, -0.25) is 0 Å². The second kappa shape index (κ2) is 6.75. The molecule has 3 nitrogen and oxygen atoms in total. The first-order valence-electron chi connectivity index (χ1n) is 7.44. The number of nitrogens with zero attached hydrogens (tertiary/aromatic N) is 3. The van der Waals surface area contributed by atoms with Gasteiger partial charge in [-0.05, 0) is 39.4 Å². The van der Waals surface area contributed by atoms with Crippen molar-refractivity contribution in [1.82, 2.24) is 14.5 Å². The summed E-state index contributed by atoms with van der Waals surface area (Å²) in [5, 5.41) is -0.200. The third kappa shape index (κ3) is 3.55. The van der Waals surface area contributed by atoms with E-state index < -0.39 is 0 Å². The van der Waals surface area contributed by atoms with Crippen LogP contribution in [0, 0.1) is 5.82 Å². The number of hydrogen-bond donors (Lipinski definition) is 0. The Hall–Kier alpha value is -1.13. The number of halogens is 2. The van der Waals surface area contributed by atoms with Crippen LogP contribution in [0.3, 0.4) is 0 Å². The number of rotatable bonds is 6. The molecule has 0 saturated carbocycles. The van der Waals surface area contributed by atoms with Gasteiger partial charge in [-0.1, -0.05) is 6.92 Å². The fourth-order valence-electron chi connectivity index (χ4n) is 2.45. The summed E-state index contributed by atoms with van der Waals surface area (Å²) in [4.78, 5) is 6.81. The molecule has 0 aliphatic heterocycles. The number of benzene rings is 1. The first-order chi connectivity index (χ1) is 9.93. The van der Waals surface area contributed by atoms with E-state index in [1.807, 2.05) is 6.92 Å². The van der Waals surface area contributed by atoms with Gasteiger partial charge in [0.25, 0.3) is 0 Å². The molecule has 0 radical (unpaired) electrons. The molecule has 5 heteroatoms. The highest BCUT2D eigenvalue weighted by molar-refractivity contribution is 6.20. The molecule has 2 aromatic rings. The van der Waals surface area contributed by atoms with Gasteiger partial charge in [0.2, 0.25) is 0 Å². The monoisotopic (exact) mass is 311 g/mol. The van der Waals surface area contributed by atoms with E-state index in [4.69, 9.17) is 11.6 Å². The van der Waals surface area contributed by atoms with Gasteiger partial charge in [0.05, 0.1) is 16.4 Å². The minimum Gasteiger partial charge on any atom is -0.325 e. The highest BCUT2D eigenvalue weighted by atomic mass is 35.5. The largest absolute Gasteiger partial charge is 0.325 e. The highest BCUT2D eigenvalue weighted by Gasteiger charge is 2.16. The second-order valence-electron chi connectivity index (χ2n) is 5.61. The molecule has 0 spiro atoms. The van der Waals surface area contributed by atoms with Crippen LogP contribution in [0.5, 0.6) is 0 Å². The quantitative estimate of drug-likeness (QED) is 0.745. The van der Waals surface area contributed by atoms with E-state index in [2.05, 4.69) is 35.3 Å². The van der Waals surface area contributed by atoms with Gasteiger partial charge in [-0.25, -0.2) is 9.37 Å². The van der Waals surface area contributed by atoms with Crippen LogP contribution in [0.25, 0.3) is 11.0 Å². The SMILES string of the molecule is CCC(C)N(C)CCn1c(C(C)Cl)nc2cc(F)ccc21. The lowest BCUT2D eigenvalue weighted by Gasteiger charge is -2.24. The Morgan fingerprint density at radius 1 is 1.38 bits per heavy atom. The number of hydrogen-bond acceptors (Lipinski definition) is 2. The van der Waals surface area contributed by atoms with E-state index in [0.29, 0.717) is 11.6 Å². The van der Waals surface area contributed by atoms with Crippen molar-refractivity contribution in [3.8, 4) is 0 Å². The summed E-state index contributed by atoms with van der Waals surface area (Å²) in [6, 6.07) is 5.26. The summed E-state index contributed by atoms with van der Waals surface area (Å²) in [5.74, 6) is 0.535. The molecule has 1 heterocycles. The summed E-state index contributed by atoms with van der Waals surface area (Å²) in [5.41, 5.74) is 1.61. The standard InChI is InChI=1S/C16H23ClFN3/c1-5-11(2)20(4)8-9-21-15-7-6-13(18)10-14(15)19-16(21)12(3)17/h6-7,10-12H,5,8-9H2,1-4H3. The Morgan fingerprint density at radius 3 is 2.71 bits per heavy atom. The molecule has 0 aliphatic rings. The predicted octanol–water partition coefficient (Wildman–Crippen LogP) is 4.21. The average Bonchev–Trinajstić information content (AvgIpc) is 2.81. The molecule has 1 aromatic carbocycles. The maximum Gasteiger partial charge on any atom is 0.127 e. The van der Waals surface area contributed by atoms with Crippen molar-refractivity contribution < 1.29 is 4.39 Å². The topological polar surface area (TPSA) is 21.1 Å². The molecule has 2 rings (SSSR count). The summed E-state index contributed by atoms with van der Waals surface area (Å²) in [7, 11) is 2.12. The first kappa shape index (κ1) is 16.2. The summed E-state index contributed by atoms with van der Waals surface area (Å²) in [6.45, 7) is 8.01. The Labute approximate surface area is 130 Å². The second-order valence-corrected chi connectivity index (χ2v) is 6.26. The zero-order valence-electron chi connectivity index (χ0n) is 13.1. The van der Waals surface area contributed by atoms with Gasteiger partial charge >= 0.3 is 0 Å². The molecule has 2 atom stereocenters. The summed E-state index contributed by atoms with van der Waals surface area (Å²) >= 11 is 6.23. The number of alkyl halides is 1. The van der Waals surface area contributed by atoms with Gasteiger partial charge in [0.1, 0.15) is 11.6 Å². The van der Waals surface area contributed by atoms with E-state index in [1.165, 1.54) is 12.1 Å². The van der Waals surface area contributed by atoms with Crippen molar-refractivity contribution in [2.24, 2.45) is 0 Å². The van der Waals surface area contributed by atoms with Crippen molar-refractivity contribution >= 4 is 22.6 Å². The van der Waals surface area contributed by atoms with Gasteiger partial charge in [-0.2, -0.15) is 0 Å². The van der Waals surface area contributed by atoms with Crippen molar-refractivity contribution in [3.05, 3.63) is 29.8 Å². The minimum atomic E-state index is -0.266. The zero-order valence-corrected chi connectivity index (χ0v) is 13.9. The first-order valence-corrected chi connectivity index (χ1v) is 7.87. The van der Waals surface area contributed by atoms with Gasteiger partial charge in [-0.15, -0.1) is 11.6 Å². The number of fused-ring (bicyclic) bond motifs is 1. The fourth-order valence-corrected chi connectivity index (χ4v) is 2.62. The van der Waals surface area contributed by atoms with Crippen molar-refractivity contribution in [3.63, 3.8) is 0 Å². The van der Waals surface area contributed by atoms with E-state index in [0.717, 1.165) is 30.9 Å². The van der Waals surface area contributed by atoms with Crippen LogP contribution in [0.2, 0.25) is 0 Å². The molecule has 1 aromatic heterocycles. The lowest BCUT2D eigenvalue weighted by Crippen LogP contribution is -2.31. The van der Waals surface area contributed by atoms with E-state index in [-0.39, 0.29) is 11.2 Å². The number of imidazole rings is 1. The Kier molecular flexibility index (Phi) is 5.22. The molecule has 0 saturated heterocycles. The fraction of sp³-hybridized carbons (Fsp3) is 0.562. The number of aromatic nitrogens is 2. The number of likely N-dealkylation sites (N-methyl/N-ethyl adjacent to an activating group) is 1. The van der Waals surface area contributed by atoms with E-state index in [9.17, 15) is 4.39 Å². The molecule has 0 fully saturated rings. The highest BCUT2D eigenvalue weighted by Crippen LogP contribution is 2.25. The minimum absolute atomic E-state index is 0.200. The van der Waals surface area contributed by atoms with Crippen molar-refractivity contribution in [1.29, 1.82) is 0 Å². The van der Waals surface area contributed by atoms with Crippen molar-refractivity contribution in [2.75, 3.05) is 13.6 Å². The smallest absolute Gasteiger partial charge is 0.127 e. The predicted molar refractivity (Wildman–Crippen MR) is 86.3 cm³/mol. The molecule has 0 amide bonds. The molecule has 0 aliphatic carbocycles. The van der Waals surface area contributed by atoms with E-state index in [1.54, 1.807) is 6.07 Å². The van der Waals surface area contributed by atoms with Gasteiger partial charge < -0.3 is 9.47 Å². The Balaban J connectivity index is 2.30. The summed E-state index contributed by atoms with van der Waals surface area (Å²) in [6.07, 6.45) is 1.12. The molecule has 2 unspecified atom stereocenters. The van der Waals surface area contributed by atoms with Gasteiger partial charge in [0, 0.05) is 25.2 Å². The molecule has 116 valence electrons. The van der Waals surface area contributed by atoms with Crippen LogP contribution in [0.4, 0.5) is 4.39 Å². The Bertz CT molecular complexity index is 609. The van der Waals surface area contributed by atoms with Crippen LogP contribution < -0.4 is 0 Å². The Morgan fingerprint density at radius 2 is 2.10 bits per heavy atom. The average molecular weight is 312 g/mol. The molecular weight excluding hydrogens is 289 g/mol. The maximum absolute atomic E-state index is 13.4. The third-order valence-corrected chi connectivity index (χ3v) is 4.31. The molecular formula is C16H23ClFN3. The maximum atomic E-state index is 13.4. The normalized spacial score (nSPS) is 14.8. The van der Waals surface area contributed by atoms with Gasteiger partial charge in [0.15, 0.2) is 0 Å². The lowest BCUT2D eigenvalue weighted by atomic mass is 10.2. The van der Waals surface area contributed by atoms with Crippen LogP contribution in [0.15, 0.2) is 18.2 Å². The third-order valence-electron chi connectivity index (χ3n) is 4.12. The van der Waals surface area contributed by atoms with Crippen molar-refractivity contribution in [2.45, 2.75) is 45.2 Å². The van der Waals surface area contributed by atoms with Crippen LogP contribution in [-0.2, 0) is 6.54 Å². The van der Waals surface area contributed by atoms with Crippen LogP contribution >= 0.6 is 11.6 Å². The molecule has 0 bridgehead atoms. The zero-order chi connectivity index (χ0) is 15.6. The van der Waals surface area contributed by atoms with Crippen LogP contribution in [0.1, 0.15) is 38.4 Å². The summed E-state index contributed by atoms with van der Waals surface area (Å²) < 4.78 is 15.5. The molecule has 0 N–H and O–H groups in total. The molecule has 21 heavy (non-hydrogen) atoms.